The average molecular weight is 470 g/mol. The van der Waals surface area contributed by atoms with E-state index < -0.39 is 5.91 Å². The van der Waals surface area contributed by atoms with Gasteiger partial charge in [0.1, 0.15) is 11.4 Å². The number of carbonyl (C=O) groups is 1. The van der Waals surface area contributed by atoms with Crippen molar-refractivity contribution in [2.75, 3.05) is 19.5 Å². The van der Waals surface area contributed by atoms with Crippen molar-refractivity contribution in [3.05, 3.63) is 35.3 Å². The van der Waals surface area contributed by atoms with Crippen LogP contribution in [0.1, 0.15) is 75.1 Å². The number of nitrogens with two attached hydrogens (primary N) is 2. The topological polar surface area (TPSA) is 157 Å². The second kappa shape index (κ2) is 14.0. The number of primary amides is 1. The fourth-order valence-corrected chi connectivity index (χ4v) is 3.05. The first-order valence-corrected chi connectivity index (χ1v) is 11.5. The van der Waals surface area contributed by atoms with Gasteiger partial charge in [0, 0.05) is 50.1 Å². The van der Waals surface area contributed by atoms with Crippen LogP contribution < -0.4 is 11.5 Å². The summed E-state index contributed by atoms with van der Waals surface area (Å²) in [6.45, 7) is 8.93. The van der Waals surface area contributed by atoms with Crippen LogP contribution in [-0.4, -0.2) is 46.1 Å². The van der Waals surface area contributed by atoms with Crippen molar-refractivity contribution in [2.45, 2.75) is 53.4 Å². The van der Waals surface area contributed by atoms with Crippen LogP contribution in [0.15, 0.2) is 18.3 Å². The number of carbonyl (C=O) groups excluding carboxylic acids is 1. The van der Waals surface area contributed by atoms with Gasteiger partial charge in [0.2, 0.25) is 0 Å². The lowest BCUT2D eigenvalue weighted by Crippen LogP contribution is -2.16. The molecule has 2 aromatic rings. The van der Waals surface area contributed by atoms with Crippen molar-refractivity contribution in [1.82, 2.24) is 14.5 Å². The second-order valence-electron chi connectivity index (χ2n) is 8.42. The standard InChI is InChI=1S/C18H23N7O.C7H16O/c1-9(2)12(20)5-10(3)15-8-25(4)18(24-15)16-11(7-19)13(21)6-14(23-16)17(22)26;1-3-4-5-6-7-8-2/h5-9,19-20H,1-4H3,(H2,21,23)(H2,22,26);3-7H2,1-2H3/b10-5+,19-7?,20-12?;. The third-order valence-corrected chi connectivity index (χ3v) is 5.18. The van der Waals surface area contributed by atoms with Gasteiger partial charge in [-0.3, -0.25) is 4.79 Å². The lowest BCUT2D eigenvalue weighted by atomic mass is 10.0. The molecule has 0 atom stereocenters. The highest BCUT2D eigenvalue weighted by molar-refractivity contribution is 6.00. The van der Waals surface area contributed by atoms with Gasteiger partial charge in [0.15, 0.2) is 5.82 Å². The number of imidazole rings is 1. The molecule has 9 heteroatoms. The number of allylic oxidation sites excluding steroid dienone is 2. The Labute approximate surface area is 202 Å². The number of amides is 1. The normalized spacial score (nSPS) is 11.2. The van der Waals surface area contributed by atoms with Crippen LogP contribution in [0, 0.1) is 16.7 Å². The van der Waals surface area contributed by atoms with Crippen LogP contribution in [0.3, 0.4) is 0 Å². The molecule has 34 heavy (non-hydrogen) atoms. The van der Waals surface area contributed by atoms with Crippen molar-refractivity contribution in [2.24, 2.45) is 18.7 Å². The van der Waals surface area contributed by atoms with Crippen molar-refractivity contribution in [1.29, 1.82) is 10.8 Å². The molecule has 0 radical (unpaired) electrons. The maximum Gasteiger partial charge on any atom is 0.267 e. The van der Waals surface area contributed by atoms with Crippen LogP contribution >= 0.6 is 0 Å². The zero-order valence-electron chi connectivity index (χ0n) is 21.2. The van der Waals surface area contributed by atoms with E-state index in [1.54, 1.807) is 31.0 Å². The van der Waals surface area contributed by atoms with E-state index in [1.165, 1.54) is 31.7 Å². The zero-order valence-corrected chi connectivity index (χ0v) is 21.2. The van der Waals surface area contributed by atoms with Gasteiger partial charge in [-0.2, -0.15) is 0 Å². The Morgan fingerprint density at radius 3 is 2.44 bits per heavy atom. The number of nitrogen functional groups attached to an aromatic ring is 1. The third-order valence-electron chi connectivity index (χ3n) is 5.18. The second-order valence-corrected chi connectivity index (χ2v) is 8.42. The van der Waals surface area contributed by atoms with E-state index >= 15 is 0 Å². The molecule has 0 saturated heterocycles. The van der Waals surface area contributed by atoms with E-state index in [4.69, 9.17) is 27.0 Å². The SMILES string of the molecule is C/C(=C\C(=N)C(C)C)c1cn(C)c(-c2nc(C(N)=O)cc(N)c2C=N)n1.CCCCCCOC. The first kappa shape index (κ1) is 28.7. The lowest BCUT2D eigenvalue weighted by molar-refractivity contribution is 0.0995. The van der Waals surface area contributed by atoms with E-state index in [1.807, 2.05) is 20.8 Å². The highest BCUT2D eigenvalue weighted by Crippen LogP contribution is 2.26. The molecule has 0 bridgehead atoms. The first-order chi connectivity index (χ1) is 16.1. The summed E-state index contributed by atoms with van der Waals surface area (Å²) in [7, 11) is 3.54. The van der Waals surface area contributed by atoms with Gasteiger partial charge in [-0.25, -0.2) is 9.97 Å². The highest BCUT2D eigenvalue weighted by atomic mass is 16.5. The molecule has 0 aliphatic carbocycles. The zero-order chi connectivity index (χ0) is 25.8. The number of hydrogen-bond acceptors (Lipinski definition) is 7. The number of aromatic nitrogens is 3. The van der Waals surface area contributed by atoms with Gasteiger partial charge in [-0.05, 0) is 37.0 Å². The molecule has 2 heterocycles. The molecular formula is C25H39N7O2. The number of anilines is 1. The smallest absolute Gasteiger partial charge is 0.267 e. The van der Waals surface area contributed by atoms with Crippen LogP contribution in [0.25, 0.3) is 17.1 Å². The van der Waals surface area contributed by atoms with Crippen LogP contribution in [-0.2, 0) is 11.8 Å². The molecule has 0 aliphatic heterocycles. The van der Waals surface area contributed by atoms with Crippen LogP contribution in [0.2, 0.25) is 0 Å². The fraction of sp³-hybridized carbons (Fsp3) is 0.480. The molecule has 9 nitrogen and oxygen atoms in total. The molecule has 2 rings (SSSR count). The summed E-state index contributed by atoms with van der Waals surface area (Å²) in [6.07, 6.45) is 9.86. The molecule has 0 saturated carbocycles. The summed E-state index contributed by atoms with van der Waals surface area (Å²) in [5.74, 6) is -0.131. The Morgan fingerprint density at radius 2 is 1.91 bits per heavy atom. The van der Waals surface area contributed by atoms with Crippen molar-refractivity contribution in [3.8, 4) is 11.5 Å². The van der Waals surface area contributed by atoms with Crippen molar-refractivity contribution in [3.63, 3.8) is 0 Å². The van der Waals surface area contributed by atoms with Crippen molar-refractivity contribution >= 4 is 29.1 Å². The fourth-order valence-electron chi connectivity index (χ4n) is 3.05. The molecule has 2 aromatic heterocycles. The largest absolute Gasteiger partial charge is 0.398 e. The molecule has 6 N–H and O–H groups in total. The van der Waals surface area contributed by atoms with E-state index in [2.05, 4.69) is 16.9 Å². The van der Waals surface area contributed by atoms with Gasteiger partial charge in [-0.1, -0.05) is 40.0 Å². The van der Waals surface area contributed by atoms with E-state index in [9.17, 15) is 4.79 Å². The number of rotatable bonds is 11. The predicted molar refractivity (Wildman–Crippen MR) is 139 cm³/mol. The molecule has 0 aromatic carbocycles. The van der Waals surface area contributed by atoms with Gasteiger partial charge in [-0.15, -0.1) is 0 Å². The van der Waals surface area contributed by atoms with Gasteiger partial charge in [0.25, 0.3) is 5.91 Å². The van der Waals surface area contributed by atoms with Gasteiger partial charge in [0.05, 0.1) is 5.69 Å². The van der Waals surface area contributed by atoms with Gasteiger partial charge < -0.3 is 31.6 Å². The summed E-state index contributed by atoms with van der Waals surface area (Å²) in [6, 6.07) is 1.35. The molecule has 0 spiro atoms. The molecule has 1 amide bonds. The molecular weight excluding hydrogens is 430 g/mol. The summed E-state index contributed by atoms with van der Waals surface area (Å²) in [5.41, 5.74) is 14.2. The molecule has 0 fully saturated rings. The van der Waals surface area contributed by atoms with Gasteiger partial charge >= 0.3 is 0 Å². The van der Waals surface area contributed by atoms with Crippen LogP contribution in [0.4, 0.5) is 5.69 Å². The summed E-state index contributed by atoms with van der Waals surface area (Å²) < 4.78 is 6.63. The Balaban J connectivity index is 0.000000620. The average Bonchev–Trinajstić information content (AvgIpc) is 3.18. The summed E-state index contributed by atoms with van der Waals surface area (Å²) >= 11 is 0. The number of nitrogens with zero attached hydrogens (tertiary/aromatic N) is 3. The lowest BCUT2D eigenvalue weighted by Gasteiger charge is -2.09. The molecule has 186 valence electrons. The molecule has 0 aliphatic rings. The number of aryl methyl sites for hydroxylation is 1. The number of hydrogen-bond donors (Lipinski definition) is 4. The van der Waals surface area contributed by atoms with E-state index in [-0.39, 0.29) is 17.3 Å². The number of nitrogens with one attached hydrogen (secondary N) is 2. The third kappa shape index (κ3) is 8.22. The number of unbranched alkanes of at least 4 members (excludes halogenated alkanes) is 3. The maximum absolute atomic E-state index is 11.5. The highest BCUT2D eigenvalue weighted by Gasteiger charge is 2.18. The number of methoxy groups -OCH3 is 1. The monoisotopic (exact) mass is 469 g/mol. The Bertz CT molecular complexity index is 1020. The molecule has 0 unspecified atom stereocenters. The summed E-state index contributed by atoms with van der Waals surface area (Å²) in [5, 5.41) is 15.6. The Kier molecular flexibility index (Phi) is 11.9. The van der Waals surface area contributed by atoms with Crippen LogP contribution in [0.5, 0.6) is 0 Å². The van der Waals surface area contributed by atoms with E-state index in [0.29, 0.717) is 28.5 Å². The minimum atomic E-state index is -0.703. The summed E-state index contributed by atoms with van der Waals surface area (Å²) in [4.78, 5) is 20.3. The Morgan fingerprint density at radius 1 is 1.24 bits per heavy atom. The minimum Gasteiger partial charge on any atom is -0.398 e. The minimum absolute atomic E-state index is 0.0153. The first-order valence-electron chi connectivity index (χ1n) is 11.5. The number of pyridine rings is 1. The van der Waals surface area contributed by atoms with E-state index in [0.717, 1.165) is 18.4 Å². The predicted octanol–water partition coefficient (Wildman–Crippen LogP) is 4.45. The van der Waals surface area contributed by atoms with Crippen molar-refractivity contribution < 1.29 is 9.53 Å². The maximum atomic E-state index is 11.5. The number of ether oxygens (including phenoxy) is 1. The quantitative estimate of drug-likeness (QED) is 0.282. The Hall–Kier alpha value is -3.33.